The summed E-state index contributed by atoms with van der Waals surface area (Å²) in [4.78, 5) is 38.9. The van der Waals surface area contributed by atoms with Crippen LogP contribution in [0.1, 0.15) is 49.7 Å². The predicted molar refractivity (Wildman–Crippen MR) is 131 cm³/mol. The molecule has 5 rings (SSSR count). The zero-order valence-corrected chi connectivity index (χ0v) is 20.0. The molecule has 7 heteroatoms. The zero-order valence-electron chi connectivity index (χ0n) is 20.0. The molecule has 3 atom stereocenters. The summed E-state index contributed by atoms with van der Waals surface area (Å²) in [6, 6.07) is 16.4. The number of carboxylic acids is 1. The number of nitrogens with one attached hydrogen (secondary N) is 1. The van der Waals surface area contributed by atoms with E-state index in [1.807, 2.05) is 31.2 Å². The number of rotatable bonds is 7. The van der Waals surface area contributed by atoms with Crippen molar-refractivity contribution in [3.8, 4) is 11.1 Å². The van der Waals surface area contributed by atoms with Crippen molar-refractivity contribution in [3.63, 3.8) is 0 Å². The van der Waals surface area contributed by atoms with Crippen molar-refractivity contribution in [2.45, 2.75) is 38.5 Å². The van der Waals surface area contributed by atoms with E-state index in [4.69, 9.17) is 4.74 Å². The van der Waals surface area contributed by atoms with Crippen molar-refractivity contribution in [1.82, 2.24) is 10.2 Å². The lowest BCUT2D eigenvalue weighted by Crippen LogP contribution is -2.39. The van der Waals surface area contributed by atoms with Crippen LogP contribution in [0.25, 0.3) is 11.1 Å². The first-order chi connectivity index (χ1) is 16.9. The summed E-state index contributed by atoms with van der Waals surface area (Å²) in [5.74, 6) is -1.05. The Balaban J connectivity index is 1.10. The molecule has 0 spiro atoms. The average molecular weight is 477 g/mol. The number of hydrogen-bond donors (Lipinski definition) is 2. The number of ether oxygens (including phenoxy) is 1. The molecule has 1 aliphatic heterocycles. The van der Waals surface area contributed by atoms with Crippen LogP contribution < -0.4 is 5.32 Å². The molecule has 3 aliphatic rings. The zero-order chi connectivity index (χ0) is 24.6. The van der Waals surface area contributed by atoms with Gasteiger partial charge >= 0.3 is 12.1 Å². The van der Waals surface area contributed by atoms with E-state index in [-0.39, 0.29) is 30.3 Å². The Labute approximate surface area is 205 Å². The Morgan fingerprint density at radius 3 is 2.40 bits per heavy atom. The molecule has 1 saturated heterocycles. The molecule has 184 valence electrons. The number of likely N-dealkylation sites (tertiary alicyclic amines) is 1. The number of fused-ring (bicyclic) bond motifs is 4. The number of benzene rings is 2. The van der Waals surface area contributed by atoms with Crippen molar-refractivity contribution < 1.29 is 24.2 Å². The Hall–Kier alpha value is -3.35. The summed E-state index contributed by atoms with van der Waals surface area (Å²) in [5, 5.41) is 12.5. The Bertz CT molecular complexity index is 1100. The van der Waals surface area contributed by atoms with E-state index in [1.165, 1.54) is 11.1 Å². The first-order valence-corrected chi connectivity index (χ1v) is 12.5. The number of carboxylic acid groups (broad SMARTS) is 1. The fraction of sp³-hybridized carbons (Fsp3) is 0.464. The summed E-state index contributed by atoms with van der Waals surface area (Å²) in [6.45, 7) is 3.24. The summed E-state index contributed by atoms with van der Waals surface area (Å²) in [7, 11) is 0. The molecular formula is C28H32N2O5. The van der Waals surface area contributed by atoms with Gasteiger partial charge in [0.1, 0.15) is 6.61 Å². The van der Waals surface area contributed by atoms with Gasteiger partial charge in [0.15, 0.2) is 0 Å². The molecule has 2 fully saturated rings. The van der Waals surface area contributed by atoms with Crippen molar-refractivity contribution in [2.75, 3.05) is 26.2 Å². The Morgan fingerprint density at radius 2 is 1.77 bits per heavy atom. The minimum atomic E-state index is -0.778. The summed E-state index contributed by atoms with van der Waals surface area (Å²) < 4.78 is 5.56. The fourth-order valence-electron chi connectivity index (χ4n) is 6.28. The highest BCUT2D eigenvalue weighted by atomic mass is 16.5. The lowest BCUT2D eigenvalue weighted by Gasteiger charge is -2.25. The van der Waals surface area contributed by atoms with E-state index in [0.717, 1.165) is 24.0 Å². The van der Waals surface area contributed by atoms with Crippen LogP contribution in [0.15, 0.2) is 48.5 Å². The van der Waals surface area contributed by atoms with Gasteiger partial charge in [-0.05, 0) is 47.4 Å². The SMILES string of the molecule is CC(CCNC(=O)OCC1c2ccccc2-c2ccccc21)C(=O)N1C[C@@H]2CCC[C@]2(C(=O)O)C1. The van der Waals surface area contributed by atoms with E-state index in [9.17, 15) is 19.5 Å². The lowest BCUT2D eigenvalue weighted by atomic mass is 9.81. The Morgan fingerprint density at radius 1 is 1.11 bits per heavy atom. The summed E-state index contributed by atoms with van der Waals surface area (Å²) >= 11 is 0. The lowest BCUT2D eigenvalue weighted by molar-refractivity contribution is -0.149. The van der Waals surface area contributed by atoms with E-state index in [2.05, 4.69) is 29.6 Å². The molecule has 2 aliphatic carbocycles. The fourth-order valence-corrected chi connectivity index (χ4v) is 6.28. The maximum absolute atomic E-state index is 12.9. The molecule has 0 bridgehead atoms. The van der Waals surface area contributed by atoms with Gasteiger partial charge in [-0.1, -0.05) is 61.9 Å². The largest absolute Gasteiger partial charge is 0.481 e. The number of hydrogen-bond acceptors (Lipinski definition) is 4. The molecule has 2 aromatic rings. The molecule has 7 nitrogen and oxygen atoms in total. The molecule has 1 heterocycles. The van der Waals surface area contributed by atoms with Crippen LogP contribution in [0, 0.1) is 17.3 Å². The van der Waals surface area contributed by atoms with Crippen LogP contribution in [0.5, 0.6) is 0 Å². The van der Waals surface area contributed by atoms with Gasteiger partial charge in [-0.25, -0.2) is 4.79 Å². The predicted octanol–water partition coefficient (Wildman–Crippen LogP) is 4.26. The van der Waals surface area contributed by atoms with E-state index >= 15 is 0 Å². The molecule has 0 aromatic heterocycles. The smallest absolute Gasteiger partial charge is 0.407 e. The second-order valence-corrected chi connectivity index (χ2v) is 10.2. The monoisotopic (exact) mass is 476 g/mol. The molecule has 1 unspecified atom stereocenters. The first kappa shape index (κ1) is 23.4. The number of alkyl carbamates (subject to hydrolysis) is 1. The van der Waals surface area contributed by atoms with Gasteiger partial charge in [-0.2, -0.15) is 0 Å². The second kappa shape index (κ2) is 9.36. The third-order valence-electron chi connectivity index (χ3n) is 8.22. The quantitative estimate of drug-likeness (QED) is 0.622. The van der Waals surface area contributed by atoms with Gasteiger partial charge in [0, 0.05) is 31.5 Å². The topological polar surface area (TPSA) is 95.9 Å². The standard InChI is InChI=1S/C28H32N2O5/c1-18(25(31)30-15-19-7-6-13-28(19,17-30)26(32)33)12-14-29-27(34)35-16-24-22-10-4-2-8-20(22)21-9-3-5-11-23(21)24/h2-5,8-11,18-19,24H,6-7,12-17H2,1H3,(H,29,34)(H,32,33)/t18?,19-,28-/m0/s1. The number of nitrogens with zero attached hydrogens (tertiary/aromatic N) is 1. The van der Waals surface area contributed by atoms with Crippen LogP contribution in [0.4, 0.5) is 4.79 Å². The molecule has 2 N–H and O–H groups in total. The van der Waals surface area contributed by atoms with Crippen molar-refractivity contribution in [3.05, 3.63) is 59.7 Å². The highest BCUT2D eigenvalue weighted by Gasteiger charge is 2.56. The van der Waals surface area contributed by atoms with Gasteiger partial charge < -0.3 is 20.1 Å². The number of aliphatic carboxylic acids is 1. The van der Waals surface area contributed by atoms with Gasteiger partial charge in [0.2, 0.25) is 5.91 Å². The van der Waals surface area contributed by atoms with Crippen molar-refractivity contribution >= 4 is 18.0 Å². The van der Waals surface area contributed by atoms with Crippen LogP contribution in [0.2, 0.25) is 0 Å². The number of carbonyl (C=O) groups is 3. The van der Waals surface area contributed by atoms with E-state index < -0.39 is 17.5 Å². The summed E-state index contributed by atoms with van der Waals surface area (Å²) in [5.41, 5.74) is 3.92. The highest BCUT2D eigenvalue weighted by Crippen LogP contribution is 2.49. The third kappa shape index (κ3) is 4.17. The van der Waals surface area contributed by atoms with Gasteiger partial charge in [0.25, 0.3) is 0 Å². The van der Waals surface area contributed by atoms with E-state index in [0.29, 0.717) is 32.5 Å². The number of carbonyl (C=O) groups excluding carboxylic acids is 2. The van der Waals surface area contributed by atoms with Crippen molar-refractivity contribution in [1.29, 1.82) is 0 Å². The van der Waals surface area contributed by atoms with E-state index in [1.54, 1.807) is 4.90 Å². The molecule has 2 aromatic carbocycles. The molecular weight excluding hydrogens is 444 g/mol. The molecule has 1 saturated carbocycles. The summed E-state index contributed by atoms with van der Waals surface area (Å²) in [6.07, 6.45) is 2.41. The first-order valence-electron chi connectivity index (χ1n) is 12.5. The van der Waals surface area contributed by atoms with Crippen LogP contribution >= 0.6 is 0 Å². The van der Waals surface area contributed by atoms with Crippen LogP contribution in [-0.2, 0) is 14.3 Å². The maximum Gasteiger partial charge on any atom is 0.407 e. The minimum Gasteiger partial charge on any atom is -0.481 e. The number of amides is 2. The maximum atomic E-state index is 12.9. The van der Waals surface area contributed by atoms with Gasteiger partial charge in [-0.3, -0.25) is 9.59 Å². The minimum absolute atomic E-state index is 0.00447. The van der Waals surface area contributed by atoms with Gasteiger partial charge in [0.05, 0.1) is 5.41 Å². The second-order valence-electron chi connectivity index (χ2n) is 10.2. The molecule has 0 radical (unpaired) electrons. The third-order valence-corrected chi connectivity index (χ3v) is 8.22. The van der Waals surface area contributed by atoms with Crippen LogP contribution in [-0.4, -0.2) is 54.2 Å². The van der Waals surface area contributed by atoms with Crippen molar-refractivity contribution in [2.24, 2.45) is 17.3 Å². The Kier molecular flexibility index (Phi) is 6.26. The molecule has 35 heavy (non-hydrogen) atoms. The average Bonchev–Trinajstić information content (AvgIpc) is 3.52. The normalized spacial score (nSPS) is 23.3. The van der Waals surface area contributed by atoms with Crippen LogP contribution in [0.3, 0.4) is 0 Å². The highest BCUT2D eigenvalue weighted by molar-refractivity contribution is 5.83. The van der Waals surface area contributed by atoms with Gasteiger partial charge in [-0.15, -0.1) is 0 Å². The molecule has 2 amide bonds.